The summed E-state index contributed by atoms with van der Waals surface area (Å²) in [5.41, 5.74) is 11.5. The molecule has 0 bridgehead atoms. The van der Waals surface area contributed by atoms with Crippen molar-refractivity contribution < 1.29 is 9.90 Å². The second kappa shape index (κ2) is 7.74. The minimum Gasteiger partial charge on any atom is -0.508 e. The molecule has 0 radical (unpaired) electrons. The molecule has 0 atom stereocenters. The highest BCUT2D eigenvalue weighted by Crippen LogP contribution is 2.31. The summed E-state index contributed by atoms with van der Waals surface area (Å²) in [6.45, 7) is 0. The predicted octanol–water partition coefficient (Wildman–Crippen LogP) is 4.19. The van der Waals surface area contributed by atoms with Crippen molar-refractivity contribution in [3.63, 3.8) is 0 Å². The molecule has 0 aliphatic rings. The molecule has 26 heavy (non-hydrogen) atoms. The van der Waals surface area contributed by atoms with Gasteiger partial charge in [0.1, 0.15) is 5.75 Å². The number of phenols is 1. The molecule has 4 nitrogen and oxygen atoms in total. The van der Waals surface area contributed by atoms with E-state index in [4.69, 9.17) is 5.73 Å². The Morgan fingerprint density at radius 1 is 0.962 bits per heavy atom. The number of nitrogens with one attached hydrogen (secondary N) is 1. The van der Waals surface area contributed by atoms with Gasteiger partial charge in [0.05, 0.1) is 0 Å². The highest BCUT2D eigenvalue weighted by Gasteiger charge is 2.10. The Labute approximate surface area is 153 Å². The number of carbonyl (C=O) groups excluding carboxylic acids is 1. The summed E-state index contributed by atoms with van der Waals surface area (Å²) in [7, 11) is 1.89. The van der Waals surface area contributed by atoms with Crippen molar-refractivity contribution in [3.8, 4) is 28.0 Å². The van der Waals surface area contributed by atoms with E-state index in [0.717, 1.165) is 33.5 Å². The van der Waals surface area contributed by atoms with Crippen molar-refractivity contribution in [3.05, 3.63) is 72.3 Å². The third-order valence-corrected chi connectivity index (χ3v) is 4.41. The second-order valence-electron chi connectivity index (χ2n) is 6.22. The zero-order valence-electron chi connectivity index (χ0n) is 14.7. The van der Waals surface area contributed by atoms with Gasteiger partial charge in [-0.15, -0.1) is 0 Å². The first-order valence-corrected chi connectivity index (χ1v) is 8.55. The Balaban J connectivity index is 2.03. The van der Waals surface area contributed by atoms with E-state index >= 15 is 0 Å². The summed E-state index contributed by atoms with van der Waals surface area (Å²) in [5.74, 6) is -0.106. The van der Waals surface area contributed by atoms with E-state index < -0.39 is 0 Å². The molecule has 3 aromatic carbocycles. The average molecular weight is 346 g/mol. The van der Waals surface area contributed by atoms with Gasteiger partial charge in [0.2, 0.25) is 5.91 Å². The van der Waals surface area contributed by atoms with Crippen LogP contribution in [0.2, 0.25) is 0 Å². The molecule has 0 aliphatic heterocycles. The number of primary amides is 1. The highest BCUT2D eigenvalue weighted by molar-refractivity contribution is 5.77. The smallest absolute Gasteiger partial charge is 0.217 e. The fourth-order valence-corrected chi connectivity index (χ4v) is 3.02. The maximum absolute atomic E-state index is 11.3. The number of anilines is 1. The van der Waals surface area contributed by atoms with Gasteiger partial charge in [-0.2, -0.15) is 0 Å². The van der Waals surface area contributed by atoms with Gasteiger partial charge in [-0.05, 0) is 58.5 Å². The van der Waals surface area contributed by atoms with Crippen LogP contribution in [0, 0.1) is 0 Å². The first kappa shape index (κ1) is 17.5. The van der Waals surface area contributed by atoms with Crippen LogP contribution in [-0.4, -0.2) is 18.1 Å². The van der Waals surface area contributed by atoms with Crippen molar-refractivity contribution in [2.45, 2.75) is 12.8 Å². The van der Waals surface area contributed by atoms with Gasteiger partial charge in [-0.1, -0.05) is 42.5 Å². The van der Waals surface area contributed by atoms with E-state index in [0.29, 0.717) is 6.42 Å². The summed E-state index contributed by atoms with van der Waals surface area (Å²) in [6.07, 6.45) is 0.844. The molecule has 0 saturated heterocycles. The molecule has 0 spiro atoms. The number of nitrogens with two attached hydrogens (primary N) is 1. The molecule has 0 aliphatic carbocycles. The summed E-state index contributed by atoms with van der Waals surface area (Å²) in [4.78, 5) is 11.3. The van der Waals surface area contributed by atoms with Crippen molar-refractivity contribution in [1.82, 2.24) is 0 Å². The topological polar surface area (TPSA) is 75.3 Å². The van der Waals surface area contributed by atoms with Gasteiger partial charge >= 0.3 is 0 Å². The van der Waals surface area contributed by atoms with Crippen LogP contribution in [0.15, 0.2) is 66.7 Å². The monoisotopic (exact) mass is 346 g/mol. The first-order valence-electron chi connectivity index (χ1n) is 8.55. The Morgan fingerprint density at radius 2 is 1.69 bits per heavy atom. The molecular weight excluding hydrogens is 324 g/mol. The molecule has 0 saturated carbocycles. The maximum atomic E-state index is 11.3. The zero-order chi connectivity index (χ0) is 18.5. The van der Waals surface area contributed by atoms with E-state index in [1.807, 2.05) is 37.4 Å². The number of aryl methyl sites for hydroxylation is 1. The molecule has 4 heteroatoms. The van der Waals surface area contributed by atoms with Gasteiger partial charge in [0.25, 0.3) is 0 Å². The molecule has 0 fully saturated rings. The standard InChI is InChI=1S/C22H22N2O2/c1-24-19-9-5-15(6-10-19)16-7-11-21(17-3-2-4-20(25)14-17)18(13-16)8-12-22(23)26/h2-7,9-11,13-14,24-25H,8,12H2,1H3,(H2,23,26). The van der Waals surface area contributed by atoms with Crippen molar-refractivity contribution in [2.24, 2.45) is 5.73 Å². The van der Waals surface area contributed by atoms with Crippen molar-refractivity contribution in [2.75, 3.05) is 12.4 Å². The van der Waals surface area contributed by atoms with Crippen LogP contribution in [0.1, 0.15) is 12.0 Å². The normalized spacial score (nSPS) is 10.5. The molecule has 0 aromatic heterocycles. The summed E-state index contributed by atoms with van der Waals surface area (Å²) < 4.78 is 0. The lowest BCUT2D eigenvalue weighted by Gasteiger charge is -2.13. The minimum absolute atomic E-state index is 0.218. The Morgan fingerprint density at radius 3 is 2.35 bits per heavy atom. The van der Waals surface area contributed by atoms with E-state index in [9.17, 15) is 9.90 Å². The Kier molecular flexibility index (Phi) is 5.23. The van der Waals surface area contributed by atoms with Crippen LogP contribution >= 0.6 is 0 Å². The van der Waals surface area contributed by atoms with Crippen LogP contribution < -0.4 is 11.1 Å². The number of amides is 1. The highest BCUT2D eigenvalue weighted by atomic mass is 16.3. The third-order valence-electron chi connectivity index (χ3n) is 4.41. The third kappa shape index (κ3) is 4.03. The molecule has 3 rings (SSSR count). The molecule has 132 valence electrons. The maximum Gasteiger partial charge on any atom is 0.217 e. The largest absolute Gasteiger partial charge is 0.508 e. The molecular formula is C22H22N2O2. The fraction of sp³-hybridized carbons (Fsp3) is 0.136. The lowest BCUT2D eigenvalue weighted by molar-refractivity contribution is -0.117. The van der Waals surface area contributed by atoms with E-state index in [1.165, 1.54) is 0 Å². The second-order valence-corrected chi connectivity index (χ2v) is 6.22. The number of benzene rings is 3. The van der Waals surface area contributed by atoms with Gasteiger partial charge in [-0.3, -0.25) is 4.79 Å². The van der Waals surface area contributed by atoms with Gasteiger partial charge in [0.15, 0.2) is 0 Å². The first-order chi connectivity index (χ1) is 12.6. The summed E-state index contributed by atoms with van der Waals surface area (Å²) >= 11 is 0. The van der Waals surface area contributed by atoms with Crippen molar-refractivity contribution >= 4 is 11.6 Å². The Bertz CT molecular complexity index is 918. The molecule has 0 unspecified atom stereocenters. The van der Waals surface area contributed by atoms with Crippen LogP contribution in [0.3, 0.4) is 0 Å². The number of hydrogen-bond donors (Lipinski definition) is 3. The van der Waals surface area contributed by atoms with Crippen LogP contribution in [0.4, 0.5) is 5.69 Å². The molecule has 1 amide bonds. The Hall–Kier alpha value is -3.27. The van der Waals surface area contributed by atoms with Gasteiger partial charge < -0.3 is 16.2 Å². The fourth-order valence-electron chi connectivity index (χ4n) is 3.02. The lowest BCUT2D eigenvalue weighted by atomic mass is 9.92. The predicted molar refractivity (Wildman–Crippen MR) is 106 cm³/mol. The summed E-state index contributed by atoms with van der Waals surface area (Å²) in [6, 6.07) is 21.5. The average Bonchev–Trinajstić information content (AvgIpc) is 2.66. The van der Waals surface area contributed by atoms with E-state index in [1.54, 1.807) is 12.1 Å². The van der Waals surface area contributed by atoms with Crippen molar-refractivity contribution in [1.29, 1.82) is 0 Å². The van der Waals surface area contributed by atoms with E-state index in [2.05, 4.69) is 29.6 Å². The van der Waals surface area contributed by atoms with Crippen LogP contribution in [-0.2, 0) is 11.2 Å². The number of phenolic OH excluding ortho intramolecular Hbond substituents is 1. The molecule has 4 N–H and O–H groups in total. The van der Waals surface area contributed by atoms with Crippen LogP contribution in [0.5, 0.6) is 5.75 Å². The number of hydrogen-bond acceptors (Lipinski definition) is 3. The number of aromatic hydroxyl groups is 1. The quantitative estimate of drug-likeness (QED) is 0.626. The SMILES string of the molecule is CNc1ccc(-c2ccc(-c3cccc(O)c3)c(CCC(N)=O)c2)cc1. The van der Waals surface area contributed by atoms with E-state index in [-0.39, 0.29) is 18.1 Å². The van der Waals surface area contributed by atoms with Gasteiger partial charge in [-0.25, -0.2) is 0 Å². The number of carbonyl (C=O) groups is 1. The molecule has 0 heterocycles. The molecule has 3 aromatic rings. The minimum atomic E-state index is -0.323. The number of rotatable bonds is 6. The zero-order valence-corrected chi connectivity index (χ0v) is 14.7. The summed E-state index contributed by atoms with van der Waals surface area (Å²) in [5, 5.41) is 12.9. The van der Waals surface area contributed by atoms with Gasteiger partial charge in [0, 0.05) is 19.2 Å². The van der Waals surface area contributed by atoms with Crippen LogP contribution in [0.25, 0.3) is 22.3 Å². The lowest BCUT2D eigenvalue weighted by Crippen LogP contribution is -2.11.